The number of carbonyl (C=O) groups is 2. The Morgan fingerprint density at radius 3 is 2.40 bits per heavy atom. The van der Waals surface area contributed by atoms with Crippen molar-refractivity contribution in [1.29, 1.82) is 0 Å². The van der Waals surface area contributed by atoms with Gasteiger partial charge in [-0.25, -0.2) is 4.79 Å². The SMILES string of the molecule is CC(=O)Nc1cc(CO[C@@H]2O[C@H](COC(=O)c3ccccc3)[C@@H](O[C@H]3O[C@@H]4COC(c5ccncc5)O[C@H]4[C@H](O)[C@H]3O)[C@H](O)[C@H]2O)ccc1Cl. The van der Waals surface area contributed by atoms with Gasteiger partial charge in [0.15, 0.2) is 18.9 Å². The largest absolute Gasteiger partial charge is 0.459 e. The molecule has 3 fully saturated rings. The number of esters is 1. The molecule has 1 amide bonds. The zero-order chi connectivity index (χ0) is 35.4. The summed E-state index contributed by atoms with van der Waals surface area (Å²) < 4.78 is 41.0. The predicted octanol–water partition coefficient (Wildman–Crippen LogP) is 1.46. The summed E-state index contributed by atoms with van der Waals surface area (Å²) in [6.45, 7) is 0.701. The first-order valence-corrected chi connectivity index (χ1v) is 16.2. The fourth-order valence-electron chi connectivity index (χ4n) is 5.82. The standard InChI is InChI=1S/C34H37ClN2O13/c1-17(38)37-22-13-18(7-8-21(22)35)14-45-33-27(41)25(39)30(23(47-33)15-44-31(43)19-5-3-2-4-6-19)50-34-28(42)26(40)29-24(48-34)16-46-32(49-29)20-9-11-36-12-10-20/h2-13,23-30,32-34,39-42H,14-16H2,1H3,(H,37,38)/t23-,24-,25-,26-,27-,28-,29-,30-,32?,33-,34-/m1/s1. The summed E-state index contributed by atoms with van der Waals surface area (Å²) >= 11 is 6.17. The van der Waals surface area contributed by atoms with E-state index in [4.69, 9.17) is 44.8 Å². The molecule has 1 unspecified atom stereocenters. The fourth-order valence-corrected chi connectivity index (χ4v) is 5.99. The van der Waals surface area contributed by atoms with Gasteiger partial charge in [-0.3, -0.25) is 9.78 Å². The molecule has 6 rings (SSSR count). The number of fused-ring (bicyclic) bond motifs is 1. The zero-order valence-corrected chi connectivity index (χ0v) is 27.4. The van der Waals surface area contributed by atoms with Crippen LogP contribution in [0.2, 0.25) is 5.02 Å². The molecular weight excluding hydrogens is 680 g/mol. The Bertz CT molecular complexity index is 1600. The van der Waals surface area contributed by atoms with E-state index < -0.39 is 80.3 Å². The van der Waals surface area contributed by atoms with Crippen LogP contribution in [-0.4, -0.2) is 112 Å². The number of amides is 1. The molecule has 4 heterocycles. The van der Waals surface area contributed by atoms with Crippen LogP contribution in [0.5, 0.6) is 0 Å². The number of carbonyl (C=O) groups excluding carboxylic acids is 2. The van der Waals surface area contributed by atoms with E-state index in [0.29, 0.717) is 21.8 Å². The molecule has 16 heteroatoms. The minimum atomic E-state index is -1.71. The molecule has 0 saturated carbocycles. The number of pyridine rings is 1. The van der Waals surface area contributed by atoms with Gasteiger partial charge in [0, 0.05) is 24.9 Å². The first kappa shape index (κ1) is 36.2. The molecule has 3 saturated heterocycles. The van der Waals surface area contributed by atoms with E-state index in [1.165, 1.54) is 6.92 Å². The summed E-state index contributed by atoms with van der Waals surface area (Å²) in [6, 6.07) is 16.3. The summed E-state index contributed by atoms with van der Waals surface area (Å²) in [5.41, 5.74) is 1.82. The van der Waals surface area contributed by atoms with Crippen LogP contribution in [0.4, 0.5) is 5.69 Å². The van der Waals surface area contributed by atoms with Crippen LogP contribution in [0.15, 0.2) is 73.1 Å². The average molecular weight is 717 g/mol. The van der Waals surface area contributed by atoms with E-state index in [9.17, 15) is 30.0 Å². The molecule has 268 valence electrons. The first-order chi connectivity index (χ1) is 24.1. The molecule has 3 aliphatic heterocycles. The van der Waals surface area contributed by atoms with Crippen LogP contribution in [0.1, 0.15) is 34.7 Å². The normalized spacial score (nSPS) is 32.5. The Kier molecular flexibility index (Phi) is 11.7. The Balaban J connectivity index is 1.16. The van der Waals surface area contributed by atoms with E-state index in [1.807, 2.05) is 0 Å². The molecule has 0 bridgehead atoms. The summed E-state index contributed by atoms with van der Waals surface area (Å²) in [6.07, 6.45) is -11.8. The highest BCUT2D eigenvalue weighted by Gasteiger charge is 2.53. The number of nitrogens with zero attached hydrogens (tertiary/aromatic N) is 1. The molecule has 0 aliphatic carbocycles. The Morgan fingerprint density at radius 2 is 1.66 bits per heavy atom. The van der Waals surface area contributed by atoms with E-state index in [0.717, 1.165) is 0 Å². The highest BCUT2D eigenvalue weighted by molar-refractivity contribution is 6.33. The smallest absolute Gasteiger partial charge is 0.338 e. The van der Waals surface area contributed by atoms with Crippen molar-refractivity contribution in [3.8, 4) is 0 Å². The third-order valence-corrected chi connectivity index (χ3v) is 8.72. The first-order valence-electron chi connectivity index (χ1n) is 15.8. The zero-order valence-electron chi connectivity index (χ0n) is 26.7. The Labute approximate surface area is 291 Å². The third kappa shape index (κ3) is 8.30. The van der Waals surface area contributed by atoms with E-state index in [-0.39, 0.29) is 24.7 Å². The summed E-state index contributed by atoms with van der Waals surface area (Å²) in [5, 5.41) is 47.4. The number of aliphatic hydroxyl groups is 4. The topological polar surface area (TPSA) is 205 Å². The van der Waals surface area contributed by atoms with Gasteiger partial charge >= 0.3 is 5.97 Å². The van der Waals surface area contributed by atoms with Crippen LogP contribution in [-0.2, 0) is 44.6 Å². The summed E-state index contributed by atoms with van der Waals surface area (Å²) in [5.74, 6) is -1.02. The maximum Gasteiger partial charge on any atom is 0.338 e. The highest BCUT2D eigenvalue weighted by Crippen LogP contribution is 2.36. The molecule has 5 N–H and O–H groups in total. The van der Waals surface area contributed by atoms with Gasteiger partial charge in [-0.2, -0.15) is 0 Å². The number of anilines is 1. The van der Waals surface area contributed by atoms with Crippen LogP contribution in [0.3, 0.4) is 0 Å². The van der Waals surface area contributed by atoms with Gasteiger partial charge in [0.25, 0.3) is 0 Å². The van der Waals surface area contributed by atoms with Crippen molar-refractivity contribution in [1.82, 2.24) is 4.98 Å². The molecule has 1 aromatic heterocycles. The van der Waals surface area contributed by atoms with Gasteiger partial charge in [-0.15, -0.1) is 0 Å². The van der Waals surface area contributed by atoms with Gasteiger partial charge in [0.1, 0.15) is 55.4 Å². The lowest BCUT2D eigenvalue weighted by Crippen LogP contribution is -2.66. The Morgan fingerprint density at radius 1 is 0.920 bits per heavy atom. The average Bonchev–Trinajstić information content (AvgIpc) is 3.13. The van der Waals surface area contributed by atoms with E-state index in [1.54, 1.807) is 73.1 Å². The van der Waals surface area contributed by atoms with Crippen molar-refractivity contribution < 1.29 is 63.2 Å². The second-order valence-corrected chi connectivity index (χ2v) is 12.4. The molecule has 0 spiro atoms. The van der Waals surface area contributed by atoms with E-state index in [2.05, 4.69) is 10.3 Å². The maximum absolute atomic E-state index is 12.8. The number of aliphatic hydroxyl groups excluding tert-OH is 4. The van der Waals surface area contributed by atoms with Gasteiger partial charge in [0.2, 0.25) is 5.91 Å². The van der Waals surface area contributed by atoms with Crippen LogP contribution in [0, 0.1) is 0 Å². The molecule has 3 aromatic rings. The van der Waals surface area contributed by atoms with Crippen molar-refractivity contribution in [2.24, 2.45) is 0 Å². The predicted molar refractivity (Wildman–Crippen MR) is 171 cm³/mol. The van der Waals surface area contributed by atoms with Crippen molar-refractivity contribution in [3.05, 3.63) is 94.8 Å². The monoisotopic (exact) mass is 716 g/mol. The molecule has 3 aliphatic rings. The molecule has 2 aromatic carbocycles. The van der Waals surface area contributed by atoms with Crippen LogP contribution < -0.4 is 5.32 Å². The highest BCUT2D eigenvalue weighted by atomic mass is 35.5. The van der Waals surface area contributed by atoms with Gasteiger partial charge < -0.3 is 58.9 Å². The lowest BCUT2D eigenvalue weighted by molar-refractivity contribution is -0.386. The molecule has 11 atom stereocenters. The molecular formula is C34H37ClN2O13. The minimum Gasteiger partial charge on any atom is -0.459 e. The summed E-state index contributed by atoms with van der Waals surface area (Å²) in [4.78, 5) is 28.3. The number of halogens is 1. The van der Waals surface area contributed by atoms with E-state index >= 15 is 0 Å². The van der Waals surface area contributed by atoms with Crippen molar-refractivity contribution >= 4 is 29.2 Å². The van der Waals surface area contributed by atoms with Crippen molar-refractivity contribution in [2.75, 3.05) is 18.5 Å². The van der Waals surface area contributed by atoms with Gasteiger partial charge in [-0.1, -0.05) is 35.9 Å². The number of hydrogen-bond acceptors (Lipinski definition) is 14. The number of aromatic nitrogens is 1. The number of rotatable bonds is 10. The van der Waals surface area contributed by atoms with Gasteiger partial charge in [-0.05, 0) is 42.0 Å². The van der Waals surface area contributed by atoms with Crippen molar-refractivity contribution in [3.63, 3.8) is 0 Å². The summed E-state index contributed by atoms with van der Waals surface area (Å²) in [7, 11) is 0. The Hall–Kier alpha value is -3.58. The number of nitrogens with one attached hydrogen (secondary N) is 1. The maximum atomic E-state index is 12.8. The van der Waals surface area contributed by atoms with Crippen LogP contribution >= 0.6 is 11.6 Å². The second kappa shape index (κ2) is 16.2. The lowest BCUT2D eigenvalue weighted by Gasteiger charge is -2.48. The molecule has 0 radical (unpaired) electrons. The minimum absolute atomic E-state index is 0.0317. The lowest BCUT2D eigenvalue weighted by atomic mass is 9.96. The third-order valence-electron chi connectivity index (χ3n) is 8.39. The quantitative estimate of drug-likeness (QED) is 0.189. The fraction of sp³-hybridized carbons (Fsp3) is 0.441. The van der Waals surface area contributed by atoms with Crippen LogP contribution in [0.25, 0.3) is 0 Å². The number of hydrogen-bond donors (Lipinski definition) is 5. The van der Waals surface area contributed by atoms with Gasteiger partial charge in [0.05, 0.1) is 29.5 Å². The van der Waals surface area contributed by atoms with Crippen molar-refractivity contribution in [2.45, 2.75) is 81.2 Å². The number of benzene rings is 2. The molecule has 15 nitrogen and oxygen atoms in total. The molecule has 50 heavy (non-hydrogen) atoms. The second-order valence-electron chi connectivity index (χ2n) is 12.0. The number of ether oxygens (including phenoxy) is 7.